The number of carbonyl (C=O) groups is 1. The lowest BCUT2D eigenvalue weighted by Gasteiger charge is -2.54. The van der Waals surface area contributed by atoms with Crippen LogP contribution in [0.4, 0.5) is 5.69 Å². The van der Waals surface area contributed by atoms with E-state index in [1.165, 1.54) is 7.11 Å². The first-order chi connectivity index (χ1) is 16.9. The molecule has 0 aromatic heterocycles. The number of nitrogens with zero attached hydrogens (tertiary/aromatic N) is 2. The van der Waals surface area contributed by atoms with Crippen LogP contribution in [-0.2, 0) is 24.6 Å². The molecule has 5 atom stereocenters. The van der Waals surface area contributed by atoms with Gasteiger partial charge in [-0.25, -0.2) is 0 Å². The van der Waals surface area contributed by atoms with Gasteiger partial charge in [0.15, 0.2) is 0 Å². The zero-order chi connectivity index (χ0) is 25.2. The van der Waals surface area contributed by atoms with Crippen molar-refractivity contribution in [2.75, 3.05) is 52.1 Å². The molecule has 194 valence electrons. The Bertz CT molecular complexity index is 955. The van der Waals surface area contributed by atoms with E-state index in [0.717, 1.165) is 65.9 Å². The van der Waals surface area contributed by atoms with Crippen LogP contribution in [0.1, 0.15) is 45.1 Å². The number of alkyl halides is 1. The van der Waals surface area contributed by atoms with E-state index in [1.807, 2.05) is 19.1 Å². The predicted octanol–water partition coefficient (Wildman–Crippen LogP) is 4.76. The highest BCUT2D eigenvalue weighted by atomic mass is 127. The summed E-state index contributed by atoms with van der Waals surface area (Å²) in [5.41, 5.74) is 1.77. The van der Waals surface area contributed by atoms with Gasteiger partial charge in [0.05, 0.1) is 49.2 Å². The van der Waals surface area contributed by atoms with Crippen LogP contribution in [0.25, 0.3) is 0 Å². The number of hydrogen-bond acceptors (Lipinski definition) is 7. The van der Waals surface area contributed by atoms with E-state index in [1.54, 1.807) is 14.2 Å². The highest BCUT2D eigenvalue weighted by Gasteiger charge is 2.58. The third kappa shape index (κ3) is 4.53. The first-order valence-electron chi connectivity index (χ1n) is 12.7. The minimum atomic E-state index is -0.720. The smallest absolute Gasteiger partial charge is 0.314 e. The second kappa shape index (κ2) is 11.0. The van der Waals surface area contributed by atoms with Gasteiger partial charge in [-0.1, -0.05) is 42.0 Å². The van der Waals surface area contributed by atoms with Crippen LogP contribution in [0.15, 0.2) is 23.2 Å². The molecule has 3 aliphatic heterocycles. The third-order valence-electron chi connectivity index (χ3n) is 8.37. The van der Waals surface area contributed by atoms with Crippen molar-refractivity contribution in [3.63, 3.8) is 0 Å². The zero-order valence-corrected chi connectivity index (χ0v) is 23.8. The van der Waals surface area contributed by atoms with Crippen molar-refractivity contribution < 1.29 is 23.7 Å². The van der Waals surface area contributed by atoms with Crippen molar-refractivity contribution in [2.45, 2.75) is 51.2 Å². The van der Waals surface area contributed by atoms with E-state index in [-0.39, 0.29) is 17.9 Å². The van der Waals surface area contributed by atoms with Crippen LogP contribution in [-0.4, -0.2) is 74.7 Å². The van der Waals surface area contributed by atoms with Gasteiger partial charge in [0.25, 0.3) is 0 Å². The molecule has 35 heavy (non-hydrogen) atoms. The van der Waals surface area contributed by atoms with E-state index >= 15 is 0 Å². The molecule has 0 saturated carbocycles. The second-order valence-corrected chi connectivity index (χ2v) is 11.3. The molecule has 7 nitrogen and oxygen atoms in total. The van der Waals surface area contributed by atoms with Gasteiger partial charge in [-0.05, 0) is 50.2 Å². The fraction of sp³-hybridized carbons (Fsp3) is 0.704. The summed E-state index contributed by atoms with van der Waals surface area (Å²) in [7, 11) is 4.85. The summed E-state index contributed by atoms with van der Waals surface area (Å²) in [6.45, 7) is 7.10. The fourth-order valence-corrected chi connectivity index (χ4v) is 6.98. The normalized spacial score (nSPS) is 29.4. The summed E-state index contributed by atoms with van der Waals surface area (Å²) in [5.74, 6) is 1.12. The van der Waals surface area contributed by atoms with E-state index in [2.05, 4.69) is 40.5 Å². The SMILES string of the molecule is CC[C@@H]1CN2CC[C@@]3(OCCCI)C(=Nc4cccc(OC)c43)[C@@H]2C[C@@H]1C(C)(COC)C(=O)OC. The molecule has 0 radical (unpaired) electrons. The topological polar surface area (TPSA) is 69.6 Å². The quantitative estimate of drug-likeness (QED) is 0.168. The van der Waals surface area contributed by atoms with Crippen molar-refractivity contribution in [3.8, 4) is 5.75 Å². The zero-order valence-electron chi connectivity index (χ0n) is 21.6. The molecule has 3 heterocycles. The molecule has 0 spiro atoms. The first kappa shape index (κ1) is 26.8. The van der Waals surface area contributed by atoms with E-state index in [4.69, 9.17) is 23.9 Å². The van der Waals surface area contributed by atoms with Crippen LogP contribution in [0.5, 0.6) is 5.75 Å². The van der Waals surface area contributed by atoms with Crippen molar-refractivity contribution in [2.24, 2.45) is 22.2 Å². The number of methoxy groups -OCH3 is 3. The third-order valence-corrected chi connectivity index (χ3v) is 9.13. The first-order valence-corrected chi connectivity index (χ1v) is 14.2. The maximum Gasteiger partial charge on any atom is 0.314 e. The Balaban J connectivity index is 1.76. The highest BCUT2D eigenvalue weighted by Crippen LogP contribution is 2.54. The van der Waals surface area contributed by atoms with Crippen LogP contribution >= 0.6 is 22.6 Å². The molecule has 8 heteroatoms. The summed E-state index contributed by atoms with van der Waals surface area (Å²) in [4.78, 5) is 20.9. The Hall–Kier alpha value is -1.23. The Morgan fingerprint density at radius 3 is 2.77 bits per heavy atom. The summed E-state index contributed by atoms with van der Waals surface area (Å²) in [6.07, 6.45) is 3.66. The van der Waals surface area contributed by atoms with E-state index in [9.17, 15) is 4.79 Å². The number of piperidine rings is 2. The number of fused-ring (bicyclic) bond motifs is 5. The van der Waals surface area contributed by atoms with Gasteiger partial charge in [0.1, 0.15) is 11.4 Å². The Morgan fingerprint density at radius 2 is 2.11 bits per heavy atom. The minimum Gasteiger partial charge on any atom is -0.496 e. The number of ether oxygens (including phenoxy) is 4. The Morgan fingerprint density at radius 1 is 1.31 bits per heavy atom. The van der Waals surface area contributed by atoms with Crippen LogP contribution in [0, 0.1) is 17.3 Å². The second-order valence-electron chi connectivity index (χ2n) is 10.2. The molecule has 4 rings (SSSR count). The van der Waals surface area contributed by atoms with Crippen molar-refractivity contribution in [1.82, 2.24) is 4.90 Å². The molecule has 0 aliphatic carbocycles. The van der Waals surface area contributed by atoms with Crippen molar-refractivity contribution >= 4 is 40.0 Å². The molecule has 0 N–H and O–H groups in total. The molecule has 1 aromatic carbocycles. The minimum absolute atomic E-state index is 0.0918. The van der Waals surface area contributed by atoms with Gasteiger partial charge < -0.3 is 18.9 Å². The Kier molecular flexibility index (Phi) is 8.45. The average Bonchev–Trinajstić information content (AvgIpc) is 3.22. The molecule has 2 saturated heterocycles. The number of esters is 1. The number of aliphatic imine (C=N–C) groups is 1. The summed E-state index contributed by atoms with van der Waals surface area (Å²) < 4.78 is 24.5. The molecule has 1 aromatic rings. The molecule has 0 bridgehead atoms. The van der Waals surface area contributed by atoms with E-state index in [0.29, 0.717) is 19.1 Å². The number of carbonyl (C=O) groups excluding carboxylic acids is 1. The van der Waals surface area contributed by atoms with Crippen LogP contribution in [0.2, 0.25) is 0 Å². The van der Waals surface area contributed by atoms with Crippen LogP contribution < -0.4 is 4.74 Å². The van der Waals surface area contributed by atoms with Gasteiger partial charge in [-0.15, -0.1) is 0 Å². The predicted molar refractivity (Wildman–Crippen MR) is 145 cm³/mol. The molecular formula is C27H39IN2O5. The summed E-state index contributed by atoms with van der Waals surface area (Å²) >= 11 is 2.40. The molecular weight excluding hydrogens is 559 g/mol. The number of hydrogen-bond donors (Lipinski definition) is 0. The van der Waals surface area contributed by atoms with Gasteiger partial charge >= 0.3 is 5.97 Å². The standard InChI is InChI=1S/C27H39IN2O5/c1-6-18-16-30-13-11-27(35-14-8-12-28)23-20(9-7-10-22(23)33-4)29-24(27)21(30)15-19(18)26(2,17-32-3)25(31)34-5/h7,9-10,18-19,21H,6,8,11-17H2,1-5H3/t18-,19+,21+,26?,27+/m1/s1. The number of rotatable bonds is 10. The largest absolute Gasteiger partial charge is 0.496 e. The lowest BCUT2D eigenvalue weighted by Crippen LogP contribution is -2.63. The highest BCUT2D eigenvalue weighted by molar-refractivity contribution is 14.1. The molecule has 1 unspecified atom stereocenters. The molecule has 3 aliphatic rings. The van der Waals surface area contributed by atoms with Crippen molar-refractivity contribution in [1.29, 1.82) is 0 Å². The number of benzene rings is 1. The summed E-state index contributed by atoms with van der Waals surface area (Å²) in [5, 5.41) is 0. The van der Waals surface area contributed by atoms with Gasteiger partial charge in [-0.3, -0.25) is 14.7 Å². The average molecular weight is 599 g/mol. The lowest BCUT2D eigenvalue weighted by atomic mass is 9.63. The van der Waals surface area contributed by atoms with Crippen LogP contribution in [0.3, 0.4) is 0 Å². The van der Waals surface area contributed by atoms with Gasteiger partial charge in [-0.2, -0.15) is 0 Å². The van der Waals surface area contributed by atoms with Gasteiger partial charge in [0, 0.05) is 31.2 Å². The molecule has 0 amide bonds. The molecule has 2 fully saturated rings. The fourth-order valence-electron chi connectivity index (χ4n) is 6.67. The monoisotopic (exact) mass is 598 g/mol. The Labute approximate surface area is 223 Å². The van der Waals surface area contributed by atoms with Gasteiger partial charge in [0.2, 0.25) is 0 Å². The van der Waals surface area contributed by atoms with Crippen molar-refractivity contribution in [3.05, 3.63) is 23.8 Å². The number of halogens is 1. The van der Waals surface area contributed by atoms with E-state index < -0.39 is 11.0 Å². The summed E-state index contributed by atoms with van der Waals surface area (Å²) in [6, 6.07) is 6.17. The maximum atomic E-state index is 13.1. The lowest BCUT2D eigenvalue weighted by molar-refractivity contribution is -0.164. The maximum absolute atomic E-state index is 13.1.